The number of nitrogens with zero attached hydrogens (tertiary/aromatic N) is 1. The van der Waals surface area contributed by atoms with E-state index in [0.717, 1.165) is 12.8 Å². The molecule has 1 aliphatic rings. The Hall–Kier alpha value is -1.26. The molecule has 1 fully saturated rings. The molecule has 0 radical (unpaired) electrons. The lowest BCUT2D eigenvalue weighted by Crippen LogP contribution is -2.43. The van der Waals surface area contributed by atoms with Gasteiger partial charge < -0.3 is 15.0 Å². The van der Waals surface area contributed by atoms with E-state index >= 15 is 0 Å². The Bertz CT molecular complexity index is 260. The number of ether oxygens (including phenoxy) is 1. The van der Waals surface area contributed by atoms with Crippen molar-refractivity contribution in [3.05, 3.63) is 0 Å². The van der Waals surface area contributed by atoms with Crippen molar-refractivity contribution in [2.45, 2.75) is 45.3 Å². The van der Waals surface area contributed by atoms with Crippen LogP contribution in [-0.4, -0.2) is 42.1 Å². The van der Waals surface area contributed by atoms with E-state index < -0.39 is 5.60 Å². The third-order valence-electron chi connectivity index (χ3n) is 2.44. The molecule has 1 N–H and O–H groups in total. The minimum absolute atomic E-state index is 0.0695. The van der Waals surface area contributed by atoms with Crippen molar-refractivity contribution >= 4 is 12.5 Å². The van der Waals surface area contributed by atoms with Gasteiger partial charge in [0.2, 0.25) is 6.41 Å². The Morgan fingerprint density at radius 2 is 2.25 bits per heavy atom. The Morgan fingerprint density at radius 3 is 2.81 bits per heavy atom. The number of hydrogen-bond donors (Lipinski definition) is 1. The molecule has 2 amide bonds. The minimum atomic E-state index is -0.470. The van der Waals surface area contributed by atoms with Crippen LogP contribution in [0.25, 0.3) is 0 Å². The normalized spacial score (nSPS) is 20.7. The maximum atomic E-state index is 11.8. The molecule has 0 unspecified atom stereocenters. The lowest BCUT2D eigenvalue weighted by molar-refractivity contribution is -0.109. The molecule has 0 saturated carbocycles. The van der Waals surface area contributed by atoms with Crippen molar-refractivity contribution in [3.8, 4) is 0 Å². The van der Waals surface area contributed by atoms with Gasteiger partial charge in [-0.1, -0.05) is 0 Å². The van der Waals surface area contributed by atoms with Crippen LogP contribution in [0.2, 0.25) is 0 Å². The first kappa shape index (κ1) is 12.8. The van der Waals surface area contributed by atoms with Crippen LogP contribution in [0.5, 0.6) is 0 Å². The Balaban J connectivity index is 2.50. The van der Waals surface area contributed by atoms with Crippen LogP contribution in [0.3, 0.4) is 0 Å². The van der Waals surface area contributed by atoms with Gasteiger partial charge in [0.1, 0.15) is 5.60 Å². The summed E-state index contributed by atoms with van der Waals surface area (Å²) in [7, 11) is 0. The van der Waals surface area contributed by atoms with Crippen molar-refractivity contribution < 1.29 is 14.3 Å². The van der Waals surface area contributed by atoms with Gasteiger partial charge in [-0.05, 0) is 33.6 Å². The van der Waals surface area contributed by atoms with E-state index in [0.29, 0.717) is 19.5 Å². The van der Waals surface area contributed by atoms with Gasteiger partial charge in [-0.2, -0.15) is 0 Å². The van der Waals surface area contributed by atoms with Gasteiger partial charge in [-0.15, -0.1) is 0 Å². The van der Waals surface area contributed by atoms with Gasteiger partial charge in [0.15, 0.2) is 0 Å². The predicted molar refractivity (Wildman–Crippen MR) is 60.0 cm³/mol. The highest BCUT2D eigenvalue weighted by Gasteiger charge is 2.31. The highest BCUT2D eigenvalue weighted by Crippen LogP contribution is 2.20. The van der Waals surface area contributed by atoms with Gasteiger partial charge in [-0.3, -0.25) is 4.79 Å². The maximum absolute atomic E-state index is 11.8. The monoisotopic (exact) mass is 228 g/mol. The van der Waals surface area contributed by atoms with Crippen molar-refractivity contribution in [3.63, 3.8) is 0 Å². The van der Waals surface area contributed by atoms with E-state index in [1.54, 1.807) is 4.90 Å². The molecule has 1 saturated heterocycles. The van der Waals surface area contributed by atoms with Gasteiger partial charge >= 0.3 is 6.09 Å². The smallest absolute Gasteiger partial charge is 0.410 e. The number of amides is 2. The second kappa shape index (κ2) is 5.18. The zero-order valence-corrected chi connectivity index (χ0v) is 10.2. The molecular formula is C11H20N2O3. The van der Waals surface area contributed by atoms with Gasteiger partial charge in [0, 0.05) is 13.1 Å². The summed E-state index contributed by atoms with van der Waals surface area (Å²) in [4.78, 5) is 23.7. The largest absolute Gasteiger partial charge is 0.444 e. The second-order valence-electron chi connectivity index (χ2n) is 5.00. The average molecular weight is 228 g/mol. The molecule has 0 aliphatic carbocycles. The van der Waals surface area contributed by atoms with E-state index in [9.17, 15) is 9.59 Å². The van der Waals surface area contributed by atoms with Crippen LogP contribution in [-0.2, 0) is 9.53 Å². The topological polar surface area (TPSA) is 58.6 Å². The standard InChI is InChI=1S/C11H20N2O3/c1-11(2,3)16-10(15)13-6-4-5-9(13)7-12-8-14/h8-9H,4-7H2,1-3H3,(H,12,14)/t9-/m0/s1. The van der Waals surface area contributed by atoms with Crippen LogP contribution in [0, 0.1) is 0 Å². The fraction of sp³-hybridized carbons (Fsp3) is 0.818. The molecule has 0 aromatic rings. The number of likely N-dealkylation sites (tertiary alicyclic amines) is 1. The number of carbonyl (C=O) groups excluding carboxylic acids is 2. The molecule has 1 atom stereocenters. The van der Waals surface area contributed by atoms with Crippen molar-refractivity contribution in [1.29, 1.82) is 0 Å². The molecule has 92 valence electrons. The lowest BCUT2D eigenvalue weighted by atomic mass is 10.2. The highest BCUT2D eigenvalue weighted by molar-refractivity contribution is 5.69. The van der Waals surface area contributed by atoms with Crippen LogP contribution in [0.1, 0.15) is 33.6 Å². The average Bonchev–Trinajstić information content (AvgIpc) is 2.59. The molecular weight excluding hydrogens is 208 g/mol. The molecule has 0 aromatic heterocycles. The zero-order valence-electron chi connectivity index (χ0n) is 10.2. The van der Waals surface area contributed by atoms with Crippen LogP contribution >= 0.6 is 0 Å². The van der Waals surface area contributed by atoms with Gasteiger partial charge in [0.05, 0.1) is 6.04 Å². The Labute approximate surface area is 96.1 Å². The molecule has 5 heteroatoms. The number of rotatable bonds is 3. The number of hydrogen-bond acceptors (Lipinski definition) is 3. The van der Waals surface area contributed by atoms with Gasteiger partial charge in [0.25, 0.3) is 0 Å². The van der Waals surface area contributed by atoms with Crippen molar-refractivity contribution in [2.75, 3.05) is 13.1 Å². The Kier molecular flexibility index (Phi) is 4.15. The fourth-order valence-electron chi connectivity index (χ4n) is 1.79. The zero-order chi connectivity index (χ0) is 12.2. The van der Waals surface area contributed by atoms with Crippen LogP contribution in [0.15, 0.2) is 0 Å². The highest BCUT2D eigenvalue weighted by atomic mass is 16.6. The van der Waals surface area contributed by atoms with Crippen molar-refractivity contribution in [2.24, 2.45) is 0 Å². The SMILES string of the molecule is CC(C)(C)OC(=O)N1CCC[C@H]1CNC=O. The van der Waals surface area contributed by atoms with Crippen LogP contribution < -0.4 is 5.32 Å². The molecule has 1 heterocycles. The van der Waals surface area contributed by atoms with Crippen molar-refractivity contribution in [1.82, 2.24) is 10.2 Å². The summed E-state index contributed by atoms with van der Waals surface area (Å²) >= 11 is 0. The molecule has 0 bridgehead atoms. The molecule has 1 rings (SSSR count). The molecule has 16 heavy (non-hydrogen) atoms. The maximum Gasteiger partial charge on any atom is 0.410 e. The first-order valence-electron chi connectivity index (χ1n) is 5.60. The molecule has 5 nitrogen and oxygen atoms in total. The first-order valence-corrected chi connectivity index (χ1v) is 5.60. The summed E-state index contributed by atoms with van der Waals surface area (Å²) < 4.78 is 5.30. The Morgan fingerprint density at radius 1 is 1.56 bits per heavy atom. The minimum Gasteiger partial charge on any atom is -0.444 e. The summed E-state index contributed by atoms with van der Waals surface area (Å²) in [6, 6.07) is 0.0695. The molecule has 1 aliphatic heterocycles. The van der Waals surface area contributed by atoms with E-state index in [2.05, 4.69) is 5.32 Å². The number of nitrogens with one attached hydrogen (secondary N) is 1. The summed E-state index contributed by atoms with van der Waals surface area (Å²) in [5.74, 6) is 0. The second-order valence-corrected chi connectivity index (χ2v) is 5.00. The quantitative estimate of drug-likeness (QED) is 0.737. The lowest BCUT2D eigenvalue weighted by Gasteiger charge is -2.28. The summed E-state index contributed by atoms with van der Waals surface area (Å²) in [6.07, 6.45) is 2.25. The van der Waals surface area contributed by atoms with Crippen LogP contribution in [0.4, 0.5) is 4.79 Å². The molecule has 0 aromatic carbocycles. The summed E-state index contributed by atoms with van der Waals surface area (Å²) in [5.41, 5.74) is -0.470. The predicted octanol–water partition coefficient (Wildman–Crippen LogP) is 1.13. The van der Waals surface area contributed by atoms with E-state index in [1.165, 1.54) is 0 Å². The summed E-state index contributed by atoms with van der Waals surface area (Å²) in [5, 5.41) is 2.61. The molecule has 0 spiro atoms. The summed E-state index contributed by atoms with van der Waals surface area (Å²) in [6.45, 7) is 6.75. The third-order valence-corrected chi connectivity index (χ3v) is 2.44. The van der Waals surface area contributed by atoms with Gasteiger partial charge in [-0.25, -0.2) is 4.79 Å². The van der Waals surface area contributed by atoms with E-state index in [1.807, 2.05) is 20.8 Å². The van der Waals surface area contributed by atoms with E-state index in [-0.39, 0.29) is 12.1 Å². The third kappa shape index (κ3) is 3.72. The first-order chi connectivity index (χ1) is 7.44. The van der Waals surface area contributed by atoms with E-state index in [4.69, 9.17) is 4.74 Å². The number of carbonyl (C=O) groups is 2. The fourth-order valence-corrected chi connectivity index (χ4v) is 1.79.